The van der Waals surface area contributed by atoms with E-state index in [0.717, 1.165) is 31.3 Å². The Labute approximate surface area is 155 Å². The molecular weight excluding hydrogens is 345 g/mol. The van der Waals surface area contributed by atoms with Crippen LogP contribution in [-0.4, -0.2) is 35.1 Å². The minimum absolute atomic E-state index is 0.315. The van der Waals surface area contributed by atoms with Gasteiger partial charge in [0.1, 0.15) is 13.2 Å². The predicted octanol–water partition coefficient (Wildman–Crippen LogP) is 3.58. The summed E-state index contributed by atoms with van der Waals surface area (Å²) in [6.45, 7) is 4.37. The molecule has 2 fully saturated rings. The number of nitrogens with two attached hydrogens (primary N) is 1. The maximum absolute atomic E-state index is 6.36. The van der Waals surface area contributed by atoms with E-state index >= 15 is 0 Å². The largest absolute Gasteiger partial charge is 0.473 e. The van der Waals surface area contributed by atoms with Gasteiger partial charge >= 0.3 is 0 Å². The first-order valence-corrected chi connectivity index (χ1v) is 10.2. The zero-order valence-electron chi connectivity index (χ0n) is 14.9. The van der Waals surface area contributed by atoms with Crippen LogP contribution in [0.15, 0.2) is 72.4 Å². The van der Waals surface area contributed by atoms with Crippen molar-refractivity contribution in [3.8, 4) is 0 Å². The highest BCUT2D eigenvalue weighted by Gasteiger charge is 2.49. The Morgan fingerprint density at radius 3 is 2.35 bits per heavy atom. The van der Waals surface area contributed by atoms with Gasteiger partial charge in [-0.3, -0.25) is 14.8 Å². The van der Waals surface area contributed by atoms with Gasteiger partial charge in [0.05, 0.1) is 12.6 Å². The zero-order valence-corrected chi connectivity index (χ0v) is 15.8. The lowest BCUT2D eigenvalue weighted by atomic mass is 10.1. The van der Waals surface area contributed by atoms with Gasteiger partial charge in [0.2, 0.25) is 0 Å². The van der Waals surface area contributed by atoms with Gasteiger partial charge in [0, 0.05) is 0 Å². The van der Waals surface area contributed by atoms with Crippen LogP contribution < -0.4 is 5.50 Å². The summed E-state index contributed by atoms with van der Waals surface area (Å²) in [5, 5.41) is 0. The Hall–Kier alpha value is -2.23. The third-order valence-corrected chi connectivity index (χ3v) is 6.47. The van der Waals surface area contributed by atoms with Crippen LogP contribution in [-0.2, 0) is 15.9 Å². The van der Waals surface area contributed by atoms with E-state index in [2.05, 4.69) is 52.7 Å². The van der Waals surface area contributed by atoms with Crippen LogP contribution in [0.25, 0.3) is 0 Å². The van der Waals surface area contributed by atoms with Crippen LogP contribution in [0.1, 0.15) is 11.1 Å². The number of aryl methyl sites for hydroxylation is 1. The van der Waals surface area contributed by atoms with E-state index < -0.39 is 8.37 Å². The minimum atomic E-state index is -0.839. The molecule has 2 atom stereocenters. The first kappa shape index (κ1) is 17.2. The van der Waals surface area contributed by atoms with Crippen molar-refractivity contribution in [3.05, 3.63) is 83.6 Å². The Kier molecular flexibility index (Phi) is 5.00. The molecule has 0 aromatic heterocycles. The molecule has 6 heteroatoms. The highest BCUT2D eigenvalue weighted by molar-refractivity contribution is 7.50. The topological polar surface area (TPSA) is 51.0 Å². The molecule has 3 aliphatic rings. The molecule has 2 N–H and O–H groups in total. The molecule has 2 aromatic carbocycles. The molecule has 5 rings (SSSR count). The standard InChI is InChI=1S/C13H16N3O2P.C7H8/c14-19-15-6-7-17-12(15)13-16(19)11(9-18-13)8-10-4-2-1-3-5-10;1-7-5-3-2-4-6-7/h1-5,11H,6-9,14H2;2-6H,1H3. The van der Waals surface area contributed by atoms with Crippen LogP contribution in [0.5, 0.6) is 0 Å². The highest BCUT2D eigenvalue weighted by atomic mass is 31.1. The van der Waals surface area contributed by atoms with Crippen LogP contribution >= 0.6 is 8.37 Å². The van der Waals surface area contributed by atoms with Gasteiger partial charge in [-0.1, -0.05) is 66.2 Å². The number of rotatable bonds is 2. The molecule has 0 amide bonds. The van der Waals surface area contributed by atoms with Gasteiger partial charge in [0.15, 0.2) is 8.37 Å². The summed E-state index contributed by atoms with van der Waals surface area (Å²) in [4.78, 5) is 0. The van der Waals surface area contributed by atoms with E-state index in [1.807, 2.05) is 24.3 Å². The molecule has 26 heavy (non-hydrogen) atoms. The highest BCUT2D eigenvalue weighted by Crippen LogP contribution is 2.55. The molecule has 0 spiro atoms. The lowest BCUT2D eigenvalue weighted by Crippen LogP contribution is -2.31. The molecule has 3 aliphatic heterocycles. The number of fused-ring (bicyclic) bond motifs is 2. The second-order valence-corrected chi connectivity index (χ2v) is 8.11. The van der Waals surface area contributed by atoms with Crippen molar-refractivity contribution in [1.29, 1.82) is 0 Å². The molecule has 0 saturated carbocycles. The van der Waals surface area contributed by atoms with Crippen molar-refractivity contribution in [2.24, 2.45) is 5.50 Å². The van der Waals surface area contributed by atoms with Gasteiger partial charge in [-0.25, -0.2) is 0 Å². The van der Waals surface area contributed by atoms with E-state index in [0.29, 0.717) is 12.6 Å². The van der Waals surface area contributed by atoms with Crippen LogP contribution in [0.3, 0.4) is 0 Å². The summed E-state index contributed by atoms with van der Waals surface area (Å²) >= 11 is 0. The summed E-state index contributed by atoms with van der Waals surface area (Å²) < 4.78 is 15.8. The molecule has 2 aromatic rings. The van der Waals surface area contributed by atoms with Gasteiger partial charge in [-0.05, 0) is 18.9 Å². The average Bonchev–Trinajstić information content (AvgIpc) is 3.35. The third-order valence-electron chi connectivity index (χ3n) is 4.65. The molecule has 2 saturated heterocycles. The number of hydrogen-bond donors (Lipinski definition) is 1. The Bertz CT molecular complexity index is 769. The van der Waals surface area contributed by atoms with Crippen LogP contribution in [0.4, 0.5) is 0 Å². The van der Waals surface area contributed by atoms with Gasteiger partial charge < -0.3 is 9.47 Å². The lowest BCUT2D eigenvalue weighted by molar-refractivity contribution is 0.190. The van der Waals surface area contributed by atoms with Crippen LogP contribution in [0.2, 0.25) is 0 Å². The van der Waals surface area contributed by atoms with E-state index in [9.17, 15) is 0 Å². The summed E-state index contributed by atoms with van der Waals surface area (Å²) in [7, 11) is -0.839. The SMILES string of the molecule is Cc1ccccc1.NP1N2CCOC2=C2OCC(Cc3ccccc3)N21. The quantitative estimate of drug-likeness (QED) is 0.820. The molecule has 0 bridgehead atoms. The third kappa shape index (κ3) is 3.37. The number of hydrogen-bond acceptors (Lipinski definition) is 5. The van der Waals surface area contributed by atoms with Crippen molar-refractivity contribution in [2.45, 2.75) is 19.4 Å². The Morgan fingerprint density at radius 2 is 1.69 bits per heavy atom. The monoisotopic (exact) mass is 369 g/mol. The first-order valence-electron chi connectivity index (χ1n) is 8.91. The Balaban J connectivity index is 0.000000204. The molecular formula is C20H24N3O2P. The van der Waals surface area contributed by atoms with Gasteiger partial charge in [0.25, 0.3) is 11.8 Å². The van der Waals surface area contributed by atoms with Crippen molar-refractivity contribution < 1.29 is 9.47 Å². The summed E-state index contributed by atoms with van der Waals surface area (Å²) in [5.74, 6) is 1.70. The maximum Gasteiger partial charge on any atom is 0.258 e. The molecule has 2 unspecified atom stereocenters. The average molecular weight is 369 g/mol. The summed E-state index contributed by atoms with van der Waals surface area (Å²) in [6.07, 6.45) is 0.960. The smallest absolute Gasteiger partial charge is 0.258 e. The van der Waals surface area contributed by atoms with Crippen molar-refractivity contribution >= 4 is 8.37 Å². The number of ether oxygens (including phenoxy) is 2. The second kappa shape index (κ2) is 7.56. The normalized spacial score (nSPS) is 23.0. The summed E-state index contributed by atoms with van der Waals surface area (Å²) in [6, 6.07) is 21.1. The molecule has 0 radical (unpaired) electrons. The molecule has 3 heterocycles. The molecule has 136 valence electrons. The maximum atomic E-state index is 6.36. The van der Waals surface area contributed by atoms with E-state index in [1.165, 1.54) is 11.1 Å². The number of benzene rings is 2. The Morgan fingerprint density at radius 1 is 1.00 bits per heavy atom. The first-order chi connectivity index (χ1) is 12.7. The zero-order chi connectivity index (χ0) is 17.9. The molecule has 5 nitrogen and oxygen atoms in total. The van der Waals surface area contributed by atoms with E-state index in [1.54, 1.807) is 0 Å². The van der Waals surface area contributed by atoms with Crippen LogP contribution in [0, 0.1) is 6.92 Å². The summed E-state index contributed by atoms with van der Waals surface area (Å²) in [5.41, 5.74) is 9.00. The van der Waals surface area contributed by atoms with Gasteiger partial charge in [-0.15, -0.1) is 0 Å². The fourth-order valence-corrected chi connectivity index (χ4v) is 5.01. The minimum Gasteiger partial charge on any atom is -0.473 e. The fourth-order valence-electron chi connectivity index (χ4n) is 3.35. The predicted molar refractivity (Wildman–Crippen MR) is 104 cm³/mol. The van der Waals surface area contributed by atoms with Gasteiger partial charge in [-0.2, -0.15) is 0 Å². The van der Waals surface area contributed by atoms with Crippen molar-refractivity contribution in [1.82, 2.24) is 9.34 Å². The fraction of sp³-hybridized carbons (Fsp3) is 0.300. The second-order valence-electron chi connectivity index (χ2n) is 6.56. The number of nitrogens with zero attached hydrogens (tertiary/aromatic N) is 2. The molecule has 0 aliphatic carbocycles. The van der Waals surface area contributed by atoms with Crippen molar-refractivity contribution in [2.75, 3.05) is 19.8 Å². The van der Waals surface area contributed by atoms with E-state index in [4.69, 9.17) is 15.0 Å². The lowest BCUT2D eigenvalue weighted by Gasteiger charge is -2.27. The van der Waals surface area contributed by atoms with E-state index in [-0.39, 0.29) is 0 Å². The van der Waals surface area contributed by atoms with Crippen molar-refractivity contribution in [3.63, 3.8) is 0 Å².